The summed E-state index contributed by atoms with van der Waals surface area (Å²) < 4.78 is 17.6. The van der Waals surface area contributed by atoms with Crippen molar-refractivity contribution in [1.82, 2.24) is 0 Å². The maximum Gasteiger partial charge on any atom is 0.333 e. The zero-order chi connectivity index (χ0) is 22.8. The second kappa shape index (κ2) is 7.31. The molecule has 4 aliphatic rings. The Hall–Kier alpha value is -1.92. The molecule has 0 aromatic rings. The first-order valence-electron chi connectivity index (χ1n) is 11.2. The van der Waals surface area contributed by atoms with E-state index in [9.17, 15) is 14.7 Å². The molecule has 1 saturated carbocycles. The first-order chi connectivity index (χ1) is 14.4. The van der Waals surface area contributed by atoms with Crippen LogP contribution < -0.4 is 0 Å². The van der Waals surface area contributed by atoms with E-state index in [2.05, 4.69) is 26.8 Å². The summed E-state index contributed by atoms with van der Waals surface area (Å²) in [5.41, 5.74) is 1.88. The van der Waals surface area contributed by atoms with Gasteiger partial charge in [-0.05, 0) is 56.4 Å². The van der Waals surface area contributed by atoms with Crippen molar-refractivity contribution in [3.8, 4) is 0 Å². The molecule has 6 unspecified atom stereocenters. The summed E-state index contributed by atoms with van der Waals surface area (Å²) >= 11 is 0. The Bertz CT molecular complexity index is 896. The zero-order valence-corrected chi connectivity index (χ0v) is 19.4. The fourth-order valence-electron chi connectivity index (χ4n) is 6.55. The zero-order valence-electron chi connectivity index (χ0n) is 19.4. The van der Waals surface area contributed by atoms with Crippen molar-refractivity contribution in [1.29, 1.82) is 0 Å². The number of hydrogen-bond acceptors (Lipinski definition) is 6. The third-order valence-corrected chi connectivity index (χ3v) is 8.42. The van der Waals surface area contributed by atoms with Crippen molar-refractivity contribution >= 4 is 11.9 Å². The predicted octanol–water partition coefficient (Wildman–Crippen LogP) is 3.84. The van der Waals surface area contributed by atoms with Crippen molar-refractivity contribution < 1.29 is 28.9 Å². The summed E-state index contributed by atoms with van der Waals surface area (Å²) in [5.74, 6) is -1.45. The maximum atomic E-state index is 12.5. The normalized spacial score (nSPS) is 41.6. The second-order valence-electron chi connectivity index (χ2n) is 10.5. The highest BCUT2D eigenvalue weighted by Gasteiger charge is 2.63. The Morgan fingerprint density at radius 1 is 1.29 bits per heavy atom. The molecule has 0 aromatic carbocycles. The van der Waals surface area contributed by atoms with E-state index in [-0.39, 0.29) is 29.2 Å². The van der Waals surface area contributed by atoms with Gasteiger partial charge in [-0.15, -0.1) is 0 Å². The smallest absolute Gasteiger partial charge is 0.333 e. The average Bonchev–Trinajstić information content (AvgIpc) is 2.97. The summed E-state index contributed by atoms with van der Waals surface area (Å²) in [4.78, 5) is 24.4. The van der Waals surface area contributed by atoms with Crippen LogP contribution in [0.2, 0.25) is 0 Å². The number of aliphatic hydroxyl groups is 1. The van der Waals surface area contributed by atoms with Gasteiger partial charge in [-0.25, -0.2) is 9.59 Å². The van der Waals surface area contributed by atoms with E-state index < -0.39 is 23.4 Å². The van der Waals surface area contributed by atoms with Crippen LogP contribution in [-0.4, -0.2) is 41.6 Å². The maximum absolute atomic E-state index is 12.5. The van der Waals surface area contributed by atoms with Crippen LogP contribution in [0.5, 0.6) is 0 Å². The van der Waals surface area contributed by atoms with Crippen LogP contribution in [0.3, 0.4) is 0 Å². The van der Waals surface area contributed by atoms with Crippen molar-refractivity contribution in [2.75, 3.05) is 6.61 Å². The van der Waals surface area contributed by atoms with Gasteiger partial charge in [-0.1, -0.05) is 32.9 Å². The quantitative estimate of drug-likeness (QED) is 0.407. The molecule has 2 heterocycles. The molecule has 6 atom stereocenters. The van der Waals surface area contributed by atoms with Crippen molar-refractivity contribution in [3.63, 3.8) is 0 Å². The molecular formula is C25H34O6. The van der Waals surface area contributed by atoms with Gasteiger partial charge in [0.2, 0.25) is 5.79 Å². The van der Waals surface area contributed by atoms with E-state index in [4.69, 9.17) is 14.2 Å². The molecule has 0 aromatic heterocycles. The van der Waals surface area contributed by atoms with Gasteiger partial charge in [0, 0.05) is 29.1 Å². The fourth-order valence-corrected chi connectivity index (χ4v) is 6.55. The minimum atomic E-state index is -1.01. The molecule has 170 valence electrons. The molecule has 2 fully saturated rings. The summed E-state index contributed by atoms with van der Waals surface area (Å²) in [7, 11) is 0. The molecule has 1 N–H and O–H groups in total. The Morgan fingerprint density at radius 3 is 2.61 bits per heavy atom. The van der Waals surface area contributed by atoms with Crippen LogP contribution in [0.15, 0.2) is 34.9 Å². The van der Waals surface area contributed by atoms with Crippen molar-refractivity contribution in [3.05, 3.63) is 34.9 Å². The Labute approximate surface area is 184 Å². The van der Waals surface area contributed by atoms with Gasteiger partial charge in [0.25, 0.3) is 0 Å². The van der Waals surface area contributed by atoms with Crippen molar-refractivity contribution in [2.45, 2.75) is 78.8 Å². The number of ether oxygens (including phenoxy) is 3. The molecule has 2 aliphatic heterocycles. The highest BCUT2D eigenvalue weighted by atomic mass is 16.7. The molecular weight excluding hydrogens is 396 g/mol. The molecule has 31 heavy (non-hydrogen) atoms. The highest BCUT2D eigenvalue weighted by Crippen LogP contribution is 2.63. The van der Waals surface area contributed by atoms with Gasteiger partial charge >= 0.3 is 11.9 Å². The molecule has 4 rings (SSSR count). The van der Waals surface area contributed by atoms with Crippen LogP contribution in [0.1, 0.15) is 60.8 Å². The number of aliphatic hydroxyl groups excluding tert-OH is 1. The lowest BCUT2D eigenvalue weighted by Crippen LogP contribution is -2.62. The van der Waals surface area contributed by atoms with Crippen LogP contribution in [0.4, 0.5) is 0 Å². The Morgan fingerprint density at radius 2 is 2.00 bits per heavy atom. The second-order valence-corrected chi connectivity index (χ2v) is 10.5. The number of hydrogen-bond donors (Lipinski definition) is 1. The van der Waals surface area contributed by atoms with Gasteiger partial charge < -0.3 is 19.3 Å². The van der Waals surface area contributed by atoms with E-state index in [0.29, 0.717) is 25.0 Å². The SMILES string of the molecule is CC=C(C)C(=O)OC1C(O)CC2(C)C3CC4(OCC3=CCC2C1(C)C)OC(=O)C=C4C. The minimum Gasteiger partial charge on any atom is -0.456 e. The van der Waals surface area contributed by atoms with Gasteiger partial charge in [0.05, 0.1) is 12.7 Å². The Kier molecular flexibility index (Phi) is 5.25. The largest absolute Gasteiger partial charge is 0.456 e. The van der Waals surface area contributed by atoms with E-state index in [0.717, 1.165) is 12.0 Å². The van der Waals surface area contributed by atoms with Gasteiger partial charge in [-0.3, -0.25) is 0 Å². The first-order valence-corrected chi connectivity index (χ1v) is 11.2. The standard InChI is InChI=1S/C25H34O6/c1-7-14(2)22(28)30-21-18(26)12-24(6)17-11-25(15(3)10-20(27)31-25)29-13-16(17)8-9-19(24)23(21,4)5/h7-8,10,17-19,21,26H,9,11-13H2,1-6H3. The van der Waals surface area contributed by atoms with Gasteiger partial charge in [0.15, 0.2) is 0 Å². The van der Waals surface area contributed by atoms with Crippen molar-refractivity contribution in [2.24, 2.45) is 22.7 Å². The first kappa shape index (κ1) is 22.3. The van der Waals surface area contributed by atoms with Gasteiger partial charge in [-0.2, -0.15) is 0 Å². The molecule has 6 heteroatoms. The molecule has 0 amide bonds. The van der Waals surface area contributed by atoms with Crippen LogP contribution in [0, 0.1) is 22.7 Å². The number of fused-ring (bicyclic) bond motifs is 3. The van der Waals surface area contributed by atoms with Crippen LogP contribution in [-0.2, 0) is 23.8 Å². The van der Waals surface area contributed by atoms with Gasteiger partial charge in [0.1, 0.15) is 6.10 Å². The van der Waals surface area contributed by atoms with Crippen LogP contribution >= 0.6 is 0 Å². The predicted molar refractivity (Wildman–Crippen MR) is 115 cm³/mol. The average molecular weight is 431 g/mol. The molecule has 0 bridgehead atoms. The summed E-state index contributed by atoms with van der Waals surface area (Å²) in [6, 6.07) is 0. The molecule has 1 saturated heterocycles. The fraction of sp³-hybridized carbons (Fsp3) is 0.680. The monoisotopic (exact) mass is 430 g/mol. The third kappa shape index (κ3) is 3.30. The highest BCUT2D eigenvalue weighted by molar-refractivity contribution is 5.88. The Balaban J connectivity index is 1.66. The summed E-state index contributed by atoms with van der Waals surface area (Å²) in [6.07, 6.45) is 6.03. The number of allylic oxidation sites excluding steroid dienone is 2. The third-order valence-electron chi connectivity index (χ3n) is 8.42. The number of esters is 2. The van der Waals surface area contributed by atoms with Crippen LogP contribution in [0.25, 0.3) is 0 Å². The molecule has 1 spiro atoms. The van der Waals surface area contributed by atoms with E-state index in [1.807, 2.05) is 6.92 Å². The minimum absolute atomic E-state index is 0.108. The number of carbonyl (C=O) groups is 2. The van der Waals surface area contributed by atoms with E-state index in [1.165, 1.54) is 11.6 Å². The number of carbonyl (C=O) groups excluding carboxylic acids is 2. The number of rotatable bonds is 2. The summed E-state index contributed by atoms with van der Waals surface area (Å²) in [5, 5.41) is 11.2. The molecule has 6 nitrogen and oxygen atoms in total. The molecule has 0 radical (unpaired) electrons. The lowest BCUT2D eigenvalue weighted by atomic mass is 9.46. The lowest BCUT2D eigenvalue weighted by Gasteiger charge is -2.61. The summed E-state index contributed by atoms with van der Waals surface area (Å²) in [6.45, 7) is 12.2. The molecule has 2 aliphatic carbocycles. The van der Waals surface area contributed by atoms with E-state index >= 15 is 0 Å². The van der Waals surface area contributed by atoms with E-state index in [1.54, 1.807) is 19.9 Å². The lowest BCUT2D eigenvalue weighted by molar-refractivity contribution is -0.238. The topological polar surface area (TPSA) is 82.1 Å².